The maximum Gasteiger partial charge on any atom is 0.336 e. The molecule has 0 spiro atoms. The number of aromatic carboxylic acids is 1. The summed E-state index contributed by atoms with van der Waals surface area (Å²) in [5.74, 6) is -0.307. The van der Waals surface area contributed by atoms with Crippen LogP contribution in [0.4, 0.5) is 0 Å². The number of amides is 1. The van der Waals surface area contributed by atoms with Crippen LogP contribution in [-0.4, -0.2) is 38.4 Å². The van der Waals surface area contributed by atoms with Gasteiger partial charge in [-0.2, -0.15) is 0 Å². The van der Waals surface area contributed by atoms with Gasteiger partial charge in [0.25, 0.3) is 0 Å². The smallest absolute Gasteiger partial charge is 0.336 e. The van der Waals surface area contributed by atoms with Crippen LogP contribution in [0, 0.1) is 12.3 Å². The van der Waals surface area contributed by atoms with Crippen LogP contribution < -0.4 is 0 Å². The van der Waals surface area contributed by atoms with Crippen molar-refractivity contribution in [3.05, 3.63) is 47.4 Å². The zero-order chi connectivity index (χ0) is 20.5. The van der Waals surface area contributed by atoms with Gasteiger partial charge >= 0.3 is 5.97 Å². The molecule has 1 aliphatic rings. The Balaban J connectivity index is 2.06. The van der Waals surface area contributed by atoms with Crippen molar-refractivity contribution in [2.75, 3.05) is 6.54 Å². The van der Waals surface area contributed by atoms with Gasteiger partial charge in [-0.1, -0.05) is 39.0 Å². The topological polar surface area (TPSA) is 83.4 Å². The molecule has 3 rings (SSSR count). The SMILES string of the molecule is Cc1cc(-c2ccccc2C(=O)O)nc([C@H]2CCCCN2C(=O)C(C)(C)C)n1. The number of carbonyl (C=O) groups is 2. The minimum Gasteiger partial charge on any atom is -0.478 e. The average molecular weight is 381 g/mol. The third-order valence-electron chi connectivity index (χ3n) is 5.01. The Morgan fingerprint density at radius 3 is 2.54 bits per heavy atom. The molecule has 1 amide bonds. The van der Waals surface area contributed by atoms with Crippen LogP contribution >= 0.6 is 0 Å². The number of benzene rings is 1. The van der Waals surface area contributed by atoms with Gasteiger partial charge in [0.2, 0.25) is 5.91 Å². The molecule has 1 aromatic carbocycles. The van der Waals surface area contributed by atoms with Crippen molar-refractivity contribution in [2.24, 2.45) is 5.41 Å². The second-order valence-corrected chi connectivity index (χ2v) is 8.36. The highest BCUT2D eigenvalue weighted by atomic mass is 16.4. The van der Waals surface area contributed by atoms with Crippen LogP contribution in [0.1, 0.15) is 68.0 Å². The fourth-order valence-electron chi connectivity index (χ4n) is 3.65. The molecule has 0 unspecified atom stereocenters. The molecule has 148 valence electrons. The summed E-state index contributed by atoms with van der Waals surface area (Å²) >= 11 is 0. The Bertz CT molecular complexity index is 902. The molecule has 0 saturated carbocycles. The zero-order valence-corrected chi connectivity index (χ0v) is 16.9. The molecular weight excluding hydrogens is 354 g/mol. The molecule has 1 aromatic heterocycles. The monoisotopic (exact) mass is 381 g/mol. The van der Waals surface area contributed by atoms with E-state index in [1.165, 1.54) is 0 Å². The Hall–Kier alpha value is -2.76. The second kappa shape index (κ2) is 7.70. The lowest BCUT2D eigenvalue weighted by molar-refractivity contribution is -0.143. The number of rotatable bonds is 3. The van der Waals surface area contributed by atoms with Crippen LogP contribution in [0.3, 0.4) is 0 Å². The molecule has 0 radical (unpaired) electrons. The molecule has 2 heterocycles. The van der Waals surface area contributed by atoms with Gasteiger partial charge in [-0.05, 0) is 38.3 Å². The third kappa shape index (κ3) is 4.06. The maximum absolute atomic E-state index is 13.0. The van der Waals surface area contributed by atoms with Gasteiger partial charge in [0.15, 0.2) is 5.82 Å². The molecular formula is C22H27N3O3. The molecule has 6 heteroatoms. The fraction of sp³-hybridized carbons (Fsp3) is 0.455. The Kier molecular flexibility index (Phi) is 5.49. The first-order chi connectivity index (χ1) is 13.2. The number of likely N-dealkylation sites (tertiary alicyclic amines) is 1. The predicted molar refractivity (Wildman–Crippen MR) is 107 cm³/mol. The van der Waals surface area contributed by atoms with Gasteiger partial charge < -0.3 is 10.0 Å². The van der Waals surface area contributed by atoms with Gasteiger partial charge in [-0.15, -0.1) is 0 Å². The standard InChI is InChI=1S/C22H27N3O3/c1-14-13-17(15-9-5-6-10-16(15)20(26)27)24-19(23-14)18-11-7-8-12-25(18)21(28)22(2,3)4/h5-6,9-10,13,18H,7-8,11-12H2,1-4H3,(H,26,27)/t18-/m1/s1. The normalized spacial score (nSPS) is 17.4. The van der Waals surface area contributed by atoms with Gasteiger partial charge in [0.1, 0.15) is 0 Å². The highest BCUT2D eigenvalue weighted by Crippen LogP contribution is 2.34. The number of piperidine rings is 1. The number of hydrogen-bond donors (Lipinski definition) is 1. The first-order valence-electron chi connectivity index (χ1n) is 9.68. The van der Waals surface area contributed by atoms with Crippen molar-refractivity contribution in [1.82, 2.24) is 14.9 Å². The Morgan fingerprint density at radius 1 is 1.14 bits per heavy atom. The number of nitrogens with zero attached hydrogens (tertiary/aromatic N) is 3. The summed E-state index contributed by atoms with van der Waals surface area (Å²) in [5.41, 5.74) is 1.63. The summed E-state index contributed by atoms with van der Waals surface area (Å²) < 4.78 is 0. The van der Waals surface area contributed by atoms with Crippen molar-refractivity contribution in [3.8, 4) is 11.3 Å². The second-order valence-electron chi connectivity index (χ2n) is 8.36. The van der Waals surface area contributed by atoms with Crippen molar-refractivity contribution >= 4 is 11.9 Å². The lowest BCUT2D eigenvalue weighted by atomic mass is 9.91. The molecule has 1 N–H and O–H groups in total. The van der Waals surface area contributed by atoms with Crippen molar-refractivity contribution in [3.63, 3.8) is 0 Å². The number of aryl methyl sites for hydroxylation is 1. The largest absolute Gasteiger partial charge is 0.478 e. The van der Waals surface area contributed by atoms with E-state index < -0.39 is 11.4 Å². The van der Waals surface area contributed by atoms with Crippen LogP contribution in [-0.2, 0) is 4.79 Å². The highest BCUT2D eigenvalue weighted by Gasteiger charge is 2.35. The van der Waals surface area contributed by atoms with E-state index in [4.69, 9.17) is 4.98 Å². The predicted octanol–water partition coefficient (Wildman–Crippen LogP) is 4.25. The maximum atomic E-state index is 13.0. The van der Waals surface area contributed by atoms with Crippen molar-refractivity contribution in [2.45, 2.75) is 53.0 Å². The van der Waals surface area contributed by atoms with Crippen LogP contribution in [0.15, 0.2) is 30.3 Å². The fourth-order valence-corrected chi connectivity index (χ4v) is 3.65. The van der Waals surface area contributed by atoms with Gasteiger partial charge in [0, 0.05) is 23.2 Å². The van der Waals surface area contributed by atoms with Gasteiger partial charge in [-0.3, -0.25) is 4.79 Å². The minimum absolute atomic E-state index is 0.0924. The average Bonchev–Trinajstić information content (AvgIpc) is 2.66. The number of hydrogen-bond acceptors (Lipinski definition) is 4. The van der Waals surface area contributed by atoms with E-state index in [0.29, 0.717) is 23.6 Å². The van der Waals surface area contributed by atoms with E-state index >= 15 is 0 Å². The van der Waals surface area contributed by atoms with Crippen LogP contribution in [0.25, 0.3) is 11.3 Å². The van der Waals surface area contributed by atoms with E-state index in [-0.39, 0.29) is 17.5 Å². The molecule has 1 fully saturated rings. The molecule has 1 aliphatic heterocycles. The molecule has 0 bridgehead atoms. The number of carboxylic acid groups (broad SMARTS) is 1. The Labute approximate surface area is 165 Å². The highest BCUT2D eigenvalue weighted by molar-refractivity contribution is 5.95. The molecule has 28 heavy (non-hydrogen) atoms. The summed E-state index contributed by atoms with van der Waals surface area (Å²) in [7, 11) is 0. The molecule has 2 aromatic rings. The van der Waals surface area contributed by atoms with Crippen molar-refractivity contribution in [1.29, 1.82) is 0 Å². The third-order valence-corrected chi connectivity index (χ3v) is 5.01. The van der Waals surface area contributed by atoms with E-state index in [1.54, 1.807) is 30.3 Å². The van der Waals surface area contributed by atoms with E-state index in [2.05, 4.69) is 4.98 Å². The number of aromatic nitrogens is 2. The Morgan fingerprint density at radius 2 is 1.86 bits per heavy atom. The summed E-state index contributed by atoms with van der Waals surface area (Å²) in [6, 6.07) is 8.45. The summed E-state index contributed by atoms with van der Waals surface area (Å²) in [4.78, 5) is 35.8. The van der Waals surface area contributed by atoms with Gasteiger partial charge in [-0.25, -0.2) is 14.8 Å². The lowest BCUT2D eigenvalue weighted by Gasteiger charge is -2.38. The van der Waals surface area contributed by atoms with Crippen LogP contribution in [0.5, 0.6) is 0 Å². The van der Waals surface area contributed by atoms with E-state index in [0.717, 1.165) is 25.0 Å². The molecule has 1 atom stereocenters. The molecule has 0 aliphatic carbocycles. The summed E-state index contributed by atoms with van der Waals surface area (Å²) in [6.07, 6.45) is 2.79. The first-order valence-corrected chi connectivity index (χ1v) is 9.68. The van der Waals surface area contributed by atoms with Gasteiger partial charge in [0.05, 0.1) is 17.3 Å². The van der Waals surface area contributed by atoms with E-state index in [9.17, 15) is 14.7 Å². The molecule has 6 nitrogen and oxygen atoms in total. The number of carboxylic acids is 1. The van der Waals surface area contributed by atoms with E-state index in [1.807, 2.05) is 32.6 Å². The quantitative estimate of drug-likeness (QED) is 0.859. The lowest BCUT2D eigenvalue weighted by Crippen LogP contribution is -2.44. The first kappa shape index (κ1) is 20.0. The number of carbonyl (C=O) groups excluding carboxylic acids is 1. The minimum atomic E-state index is -0.990. The van der Waals surface area contributed by atoms with Crippen LogP contribution in [0.2, 0.25) is 0 Å². The summed E-state index contributed by atoms with van der Waals surface area (Å²) in [5, 5.41) is 9.52. The zero-order valence-electron chi connectivity index (χ0n) is 16.9. The molecule has 1 saturated heterocycles. The summed E-state index contributed by atoms with van der Waals surface area (Å²) in [6.45, 7) is 8.34. The van der Waals surface area contributed by atoms with Crippen molar-refractivity contribution < 1.29 is 14.7 Å².